The molecule has 5 nitrogen and oxygen atoms in total. The number of carbonyl (C=O) groups is 1. The first-order chi connectivity index (χ1) is 9.38. The molecule has 0 radical (unpaired) electrons. The molecular formula is C15H25N3O2. The van der Waals surface area contributed by atoms with Crippen LogP contribution >= 0.6 is 0 Å². The van der Waals surface area contributed by atoms with Crippen LogP contribution in [0.4, 0.5) is 5.82 Å². The summed E-state index contributed by atoms with van der Waals surface area (Å²) in [4.78, 5) is 16.5. The molecule has 0 atom stereocenters. The summed E-state index contributed by atoms with van der Waals surface area (Å²) in [7, 11) is 0. The Morgan fingerprint density at radius 3 is 2.65 bits per heavy atom. The van der Waals surface area contributed by atoms with Crippen LogP contribution in [0.15, 0.2) is 12.1 Å². The lowest BCUT2D eigenvalue weighted by Crippen LogP contribution is -2.40. The average molecular weight is 279 g/mol. The van der Waals surface area contributed by atoms with Crippen LogP contribution in [0, 0.1) is 6.92 Å². The zero-order chi connectivity index (χ0) is 15.2. The number of anilines is 1. The van der Waals surface area contributed by atoms with Crippen LogP contribution in [0.3, 0.4) is 0 Å². The van der Waals surface area contributed by atoms with Crippen molar-refractivity contribution >= 4 is 11.7 Å². The molecule has 1 aromatic heterocycles. The second-order valence-electron chi connectivity index (χ2n) is 5.29. The number of nitrogens with one attached hydrogen (secondary N) is 2. The zero-order valence-electron chi connectivity index (χ0n) is 13.0. The lowest BCUT2D eigenvalue weighted by Gasteiger charge is -2.24. The largest absolute Gasteiger partial charge is 0.374 e. The van der Waals surface area contributed by atoms with Crippen LogP contribution in [0.2, 0.25) is 0 Å². The first kappa shape index (κ1) is 16.4. The van der Waals surface area contributed by atoms with Gasteiger partial charge in [-0.25, -0.2) is 4.98 Å². The normalized spacial score (nSPS) is 11.2. The van der Waals surface area contributed by atoms with Crippen LogP contribution in [0.1, 0.15) is 43.7 Å². The van der Waals surface area contributed by atoms with Crippen LogP contribution in [0.25, 0.3) is 0 Å². The summed E-state index contributed by atoms with van der Waals surface area (Å²) in [6, 6.07) is 3.55. The van der Waals surface area contributed by atoms with E-state index in [-0.39, 0.29) is 11.5 Å². The maximum Gasteiger partial charge on any atom is 0.251 e. The Bertz CT molecular complexity index is 458. The number of aryl methyl sites for hydroxylation is 1. The summed E-state index contributed by atoms with van der Waals surface area (Å²) < 4.78 is 5.56. The number of pyridine rings is 1. The Morgan fingerprint density at radius 2 is 2.05 bits per heavy atom. The molecule has 0 fully saturated rings. The Kier molecular flexibility index (Phi) is 5.95. The van der Waals surface area contributed by atoms with Crippen molar-refractivity contribution in [1.29, 1.82) is 0 Å². The maximum atomic E-state index is 12.2. The molecule has 2 N–H and O–H groups in total. The number of rotatable bonds is 7. The molecule has 0 saturated heterocycles. The van der Waals surface area contributed by atoms with Gasteiger partial charge < -0.3 is 15.4 Å². The van der Waals surface area contributed by atoms with Gasteiger partial charge >= 0.3 is 0 Å². The lowest BCUT2D eigenvalue weighted by atomic mass is 10.1. The number of amides is 1. The third-order valence-electron chi connectivity index (χ3n) is 2.78. The van der Waals surface area contributed by atoms with Crippen molar-refractivity contribution in [2.45, 2.75) is 40.2 Å². The van der Waals surface area contributed by atoms with E-state index in [9.17, 15) is 4.79 Å². The number of nitrogens with zero attached hydrogens (tertiary/aromatic N) is 1. The molecule has 0 aromatic carbocycles. The van der Waals surface area contributed by atoms with Gasteiger partial charge in [-0.05, 0) is 46.8 Å². The van der Waals surface area contributed by atoms with Crippen molar-refractivity contribution in [3.05, 3.63) is 23.4 Å². The first-order valence-electron chi connectivity index (χ1n) is 7.02. The molecule has 0 spiro atoms. The van der Waals surface area contributed by atoms with Crippen molar-refractivity contribution in [3.8, 4) is 0 Å². The lowest BCUT2D eigenvalue weighted by molar-refractivity contribution is -0.00815. The van der Waals surface area contributed by atoms with Gasteiger partial charge in [-0.15, -0.1) is 0 Å². The highest BCUT2D eigenvalue weighted by Crippen LogP contribution is 2.11. The molecule has 112 valence electrons. The van der Waals surface area contributed by atoms with Gasteiger partial charge in [0.2, 0.25) is 0 Å². The molecule has 1 amide bonds. The average Bonchev–Trinajstić information content (AvgIpc) is 2.35. The highest BCUT2D eigenvalue weighted by molar-refractivity contribution is 5.95. The van der Waals surface area contributed by atoms with Gasteiger partial charge in [0, 0.05) is 31.0 Å². The number of aromatic nitrogens is 1. The van der Waals surface area contributed by atoms with E-state index < -0.39 is 0 Å². The molecule has 0 aliphatic carbocycles. The smallest absolute Gasteiger partial charge is 0.251 e. The molecular weight excluding hydrogens is 254 g/mol. The summed E-state index contributed by atoms with van der Waals surface area (Å²) in [5, 5.41) is 6.02. The predicted octanol–water partition coefficient (Wildman–Crippen LogP) is 2.37. The minimum absolute atomic E-state index is 0.109. The van der Waals surface area contributed by atoms with E-state index in [0.717, 1.165) is 18.1 Å². The number of ether oxygens (including phenoxy) is 1. The standard InChI is InChI=1S/C15H25N3O2/c1-6-16-13-9-12(8-11(3)18-13)14(19)17-10-15(4,5)20-7-2/h8-9H,6-7,10H2,1-5H3,(H,16,18)(H,17,19). The van der Waals surface area contributed by atoms with Gasteiger partial charge in [0.05, 0.1) is 5.60 Å². The fourth-order valence-corrected chi connectivity index (χ4v) is 1.91. The minimum atomic E-state index is -0.364. The Hall–Kier alpha value is -1.62. The molecule has 1 aromatic rings. The first-order valence-corrected chi connectivity index (χ1v) is 7.02. The van der Waals surface area contributed by atoms with Crippen LogP contribution in [-0.4, -0.2) is 36.2 Å². The van der Waals surface area contributed by atoms with E-state index in [1.165, 1.54) is 0 Å². The van der Waals surface area contributed by atoms with Crippen molar-refractivity contribution in [2.24, 2.45) is 0 Å². The molecule has 0 aliphatic rings. The number of hydrogen-bond acceptors (Lipinski definition) is 4. The highest BCUT2D eigenvalue weighted by Gasteiger charge is 2.19. The SMILES string of the molecule is CCNc1cc(C(=O)NCC(C)(C)OCC)cc(C)n1. The minimum Gasteiger partial charge on any atom is -0.374 e. The quantitative estimate of drug-likeness (QED) is 0.804. The fourth-order valence-electron chi connectivity index (χ4n) is 1.91. The van der Waals surface area contributed by atoms with Gasteiger partial charge in [0.15, 0.2) is 0 Å². The summed E-state index contributed by atoms with van der Waals surface area (Å²) in [5.41, 5.74) is 1.06. The van der Waals surface area contributed by atoms with E-state index in [0.29, 0.717) is 18.7 Å². The van der Waals surface area contributed by atoms with Crippen molar-refractivity contribution < 1.29 is 9.53 Å². The molecule has 5 heteroatoms. The predicted molar refractivity (Wildman–Crippen MR) is 81.2 cm³/mol. The van der Waals surface area contributed by atoms with E-state index in [1.54, 1.807) is 12.1 Å². The molecule has 0 aliphatic heterocycles. The second-order valence-corrected chi connectivity index (χ2v) is 5.29. The zero-order valence-corrected chi connectivity index (χ0v) is 13.0. The van der Waals surface area contributed by atoms with Gasteiger partial charge in [0.25, 0.3) is 5.91 Å². The molecule has 20 heavy (non-hydrogen) atoms. The molecule has 1 heterocycles. The Morgan fingerprint density at radius 1 is 1.35 bits per heavy atom. The number of hydrogen-bond donors (Lipinski definition) is 2. The van der Waals surface area contributed by atoms with Crippen LogP contribution < -0.4 is 10.6 Å². The molecule has 0 saturated carbocycles. The Labute approximate surface area is 121 Å². The monoisotopic (exact) mass is 279 g/mol. The van der Waals surface area contributed by atoms with Crippen LogP contribution in [0.5, 0.6) is 0 Å². The van der Waals surface area contributed by atoms with Crippen molar-refractivity contribution in [1.82, 2.24) is 10.3 Å². The molecule has 0 bridgehead atoms. The summed E-state index contributed by atoms with van der Waals surface area (Å²) in [5.74, 6) is 0.615. The van der Waals surface area contributed by atoms with E-state index in [2.05, 4.69) is 15.6 Å². The van der Waals surface area contributed by atoms with E-state index >= 15 is 0 Å². The van der Waals surface area contributed by atoms with Crippen molar-refractivity contribution in [3.63, 3.8) is 0 Å². The third-order valence-corrected chi connectivity index (χ3v) is 2.78. The topological polar surface area (TPSA) is 63.2 Å². The van der Waals surface area contributed by atoms with Gasteiger partial charge in [0.1, 0.15) is 5.82 Å². The fraction of sp³-hybridized carbons (Fsp3) is 0.600. The summed E-state index contributed by atoms with van der Waals surface area (Å²) >= 11 is 0. The van der Waals surface area contributed by atoms with Gasteiger partial charge in [-0.3, -0.25) is 4.79 Å². The Balaban J connectivity index is 2.72. The third kappa shape index (κ3) is 5.17. The van der Waals surface area contributed by atoms with Crippen LogP contribution in [-0.2, 0) is 4.74 Å². The summed E-state index contributed by atoms with van der Waals surface area (Å²) in [6.45, 7) is 11.6. The second kappa shape index (κ2) is 7.24. The molecule has 0 unspecified atom stereocenters. The van der Waals surface area contributed by atoms with E-state index in [4.69, 9.17) is 4.74 Å². The highest BCUT2D eigenvalue weighted by atomic mass is 16.5. The summed E-state index contributed by atoms with van der Waals surface area (Å²) in [6.07, 6.45) is 0. The van der Waals surface area contributed by atoms with Gasteiger partial charge in [-0.1, -0.05) is 0 Å². The van der Waals surface area contributed by atoms with Crippen molar-refractivity contribution in [2.75, 3.05) is 25.0 Å². The van der Waals surface area contributed by atoms with Gasteiger partial charge in [-0.2, -0.15) is 0 Å². The number of carbonyl (C=O) groups excluding carboxylic acids is 1. The molecule has 1 rings (SSSR count). The van der Waals surface area contributed by atoms with E-state index in [1.807, 2.05) is 34.6 Å². The maximum absolute atomic E-state index is 12.2.